The molecular weight excluding hydrogens is 362 g/mol. The van der Waals surface area contributed by atoms with Crippen molar-refractivity contribution in [2.24, 2.45) is 5.92 Å². The van der Waals surface area contributed by atoms with Crippen molar-refractivity contribution in [3.05, 3.63) is 22.7 Å². The number of rotatable bonds is 4. The summed E-state index contributed by atoms with van der Waals surface area (Å²) >= 11 is 3.32. The van der Waals surface area contributed by atoms with Crippen LogP contribution in [0.1, 0.15) is 13.3 Å². The summed E-state index contributed by atoms with van der Waals surface area (Å²) in [5.41, 5.74) is 0. The lowest BCUT2D eigenvalue weighted by Gasteiger charge is -2.23. The third kappa shape index (κ3) is 3.94. The zero-order valence-corrected chi connectivity index (χ0v) is 14.2. The minimum Gasteiger partial charge on any atom is -0.468 e. The fourth-order valence-corrected chi connectivity index (χ4v) is 4.57. The quantitative estimate of drug-likeness (QED) is 0.581. The molecule has 1 heterocycles. The minimum atomic E-state index is -3.74. The Bertz CT molecular complexity index is 571. The molecule has 21 heavy (non-hydrogen) atoms. The highest BCUT2D eigenvalue weighted by atomic mass is 79.9. The maximum atomic E-state index is 12.3. The molecule has 0 saturated carbocycles. The number of carbonyl (C=O) groups excluding carboxylic acids is 1. The molecule has 8 heteroatoms. The third-order valence-electron chi connectivity index (χ3n) is 3.57. The molecule has 1 aliphatic carbocycles. The first-order valence-electron chi connectivity index (χ1n) is 6.62. The van der Waals surface area contributed by atoms with Crippen LogP contribution < -0.4 is 5.32 Å². The Kier molecular flexibility index (Phi) is 5.24. The van der Waals surface area contributed by atoms with Gasteiger partial charge in [0.15, 0.2) is 0 Å². The lowest BCUT2D eigenvalue weighted by atomic mass is 10.0. The van der Waals surface area contributed by atoms with E-state index in [1.807, 2.05) is 13.0 Å². The van der Waals surface area contributed by atoms with Crippen molar-refractivity contribution in [3.8, 4) is 0 Å². The molecule has 0 bridgehead atoms. The van der Waals surface area contributed by atoms with Gasteiger partial charge in [-0.1, -0.05) is 41.1 Å². The number of allylic oxidation sites excluding steroid dienone is 3. The van der Waals surface area contributed by atoms with E-state index in [-0.39, 0.29) is 12.3 Å². The van der Waals surface area contributed by atoms with Crippen molar-refractivity contribution in [1.29, 1.82) is 0 Å². The monoisotopic (exact) mass is 379 g/mol. The predicted molar refractivity (Wildman–Crippen MR) is 81.3 cm³/mol. The second-order valence-corrected chi connectivity index (χ2v) is 7.80. The van der Waals surface area contributed by atoms with Gasteiger partial charge in [0.2, 0.25) is 0 Å². The highest BCUT2D eigenvalue weighted by Crippen LogP contribution is 2.28. The fraction of sp³-hybridized carbons (Fsp3) is 0.615. The summed E-state index contributed by atoms with van der Waals surface area (Å²) < 4.78 is 35.4. The summed E-state index contributed by atoms with van der Waals surface area (Å²) in [5, 5.41) is 2.19. The molecule has 4 atom stereocenters. The van der Waals surface area contributed by atoms with Gasteiger partial charge in [0.1, 0.15) is 11.3 Å². The van der Waals surface area contributed by atoms with E-state index in [4.69, 9.17) is 4.18 Å². The first-order valence-corrected chi connectivity index (χ1v) is 8.88. The average Bonchev–Trinajstić information content (AvgIpc) is 2.85. The van der Waals surface area contributed by atoms with E-state index in [9.17, 15) is 13.2 Å². The molecule has 118 valence electrons. The van der Waals surface area contributed by atoms with Gasteiger partial charge in [0.25, 0.3) is 10.1 Å². The molecule has 6 nitrogen and oxygen atoms in total. The van der Waals surface area contributed by atoms with Crippen LogP contribution in [0.5, 0.6) is 0 Å². The molecule has 1 N–H and O–H groups in total. The normalized spacial score (nSPS) is 32.8. The zero-order chi connectivity index (χ0) is 15.6. The average molecular weight is 380 g/mol. The number of esters is 1. The van der Waals surface area contributed by atoms with Gasteiger partial charge in [-0.3, -0.25) is 8.98 Å². The summed E-state index contributed by atoms with van der Waals surface area (Å²) in [7, 11) is -2.44. The molecule has 1 fully saturated rings. The number of carbonyl (C=O) groups is 1. The van der Waals surface area contributed by atoms with E-state index in [0.717, 1.165) is 4.48 Å². The summed E-state index contributed by atoms with van der Waals surface area (Å²) in [6.45, 7) is 2.13. The Morgan fingerprint density at radius 2 is 2.19 bits per heavy atom. The number of ether oxygens (including phenoxy) is 1. The van der Waals surface area contributed by atoms with Gasteiger partial charge in [-0.15, -0.1) is 0 Å². The molecule has 0 amide bonds. The molecule has 0 aromatic heterocycles. The van der Waals surface area contributed by atoms with Crippen LogP contribution >= 0.6 is 15.9 Å². The molecule has 0 radical (unpaired) electrons. The van der Waals surface area contributed by atoms with E-state index in [1.165, 1.54) is 7.11 Å². The molecular formula is C13H18BrNO5S. The lowest BCUT2D eigenvalue weighted by Crippen LogP contribution is -2.32. The van der Waals surface area contributed by atoms with Gasteiger partial charge < -0.3 is 10.1 Å². The minimum absolute atomic E-state index is 0.180. The highest BCUT2D eigenvalue weighted by Gasteiger charge is 2.37. The standard InChI is InChI=1S/C13H18BrNO5S/c1-8-5-9(14)3-4-12(8)21(17,18)20-10-6-11(15-7-10)13(16)19-2/h3-5,8,10-12,15H,6-7H2,1-2H3/t8?,10-,11+,12?/m1/s1. The third-order valence-corrected chi connectivity index (χ3v) is 5.89. The van der Waals surface area contributed by atoms with Crippen molar-refractivity contribution in [2.45, 2.75) is 30.7 Å². The van der Waals surface area contributed by atoms with E-state index >= 15 is 0 Å². The largest absolute Gasteiger partial charge is 0.468 e. The highest BCUT2D eigenvalue weighted by molar-refractivity contribution is 9.11. The van der Waals surface area contributed by atoms with Crippen LogP contribution in [0.15, 0.2) is 22.7 Å². The number of hydrogen-bond donors (Lipinski definition) is 1. The topological polar surface area (TPSA) is 81.7 Å². The van der Waals surface area contributed by atoms with Crippen molar-refractivity contribution < 1.29 is 22.1 Å². The smallest absolute Gasteiger partial charge is 0.322 e. The van der Waals surface area contributed by atoms with Gasteiger partial charge in [0, 0.05) is 17.4 Å². The molecule has 0 spiro atoms. The number of methoxy groups -OCH3 is 1. The van der Waals surface area contributed by atoms with Crippen LogP contribution in [0, 0.1) is 5.92 Å². The lowest BCUT2D eigenvalue weighted by molar-refractivity contribution is -0.142. The SMILES string of the molecule is COC(=O)[C@@H]1C[C@@H](OS(=O)(=O)C2C=CC(Br)=CC2C)CN1. The van der Waals surface area contributed by atoms with Crippen LogP contribution in [0.25, 0.3) is 0 Å². The Hall–Kier alpha value is -0.700. The molecule has 0 aromatic carbocycles. The number of halogens is 1. The molecule has 2 rings (SSSR count). The fourth-order valence-electron chi connectivity index (χ4n) is 2.47. The first kappa shape index (κ1) is 16.7. The van der Waals surface area contributed by atoms with Crippen LogP contribution in [0.4, 0.5) is 0 Å². The maximum Gasteiger partial charge on any atom is 0.322 e. The van der Waals surface area contributed by atoms with Gasteiger partial charge in [0.05, 0.1) is 13.2 Å². The molecule has 1 saturated heterocycles. The zero-order valence-electron chi connectivity index (χ0n) is 11.8. The Labute approximate surface area is 132 Å². The van der Waals surface area contributed by atoms with Crippen molar-refractivity contribution in [3.63, 3.8) is 0 Å². The summed E-state index contributed by atoms with van der Waals surface area (Å²) in [6.07, 6.45) is 4.89. The van der Waals surface area contributed by atoms with Crippen molar-refractivity contribution >= 4 is 32.0 Å². The number of nitrogens with one attached hydrogen (secondary N) is 1. The Morgan fingerprint density at radius 1 is 1.48 bits per heavy atom. The molecule has 2 unspecified atom stereocenters. The predicted octanol–water partition coefficient (Wildman–Crippen LogP) is 1.09. The number of hydrogen-bond acceptors (Lipinski definition) is 6. The van der Waals surface area contributed by atoms with Crippen molar-refractivity contribution in [1.82, 2.24) is 5.32 Å². The van der Waals surface area contributed by atoms with Crippen LogP contribution in [-0.2, 0) is 23.8 Å². The second-order valence-electron chi connectivity index (χ2n) is 5.17. The van der Waals surface area contributed by atoms with E-state index in [2.05, 4.69) is 26.0 Å². The molecule has 2 aliphatic rings. The van der Waals surface area contributed by atoms with Gasteiger partial charge in [-0.2, -0.15) is 8.42 Å². The first-order chi connectivity index (χ1) is 9.83. The molecule has 1 aliphatic heterocycles. The van der Waals surface area contributed by atoms with Crippen LogP contribution in [-0.4, -0.2) is 45.4 Å². The van der Waals surface area contributed by atoms with E-state index in [0.29, 0.717) is 6.54 Å². The molecule has 0 aromatic rings. The van der Waals surface area contributed by atoms with Gasteiger partial charge in [-0.05, 0) is 5.92 Å². The van der Waals surface area contributed by atoms with E-state index in [1.54, 1.807) is 12.2 Å². The summed E-state index contributed by atoms with van der Waals surface area (Å²) in [6, 6.07) is -0.511. The maximum absolute atomic E-state index is 12.3. The van der Waals surface area contributed by atoms with Crippen molar-refractivity contribution in [2.75, 3.05) is 13.7 Å². The Morgan fingerprint density at radius 3 is 2.81 bits per heavy atom. The summed E-state index contributed by atoms with van der Waals surface area (Å²) in [5.74, 6) is -0.587. The Balaban J connectivity index is 2.00. The van der Waals surface area contributed by atoms with Gasteiger partial charge in [-0.25, -0.2) is 0 Å². The second kappa shape index (κ2) is 6.60. The van der Waals surface area contributed by atoms with Gasteiger partial charge >= 0.3 is 5.97 Å². The van der Waals surface area contributed by atoms with Crippen LogP contribution in [0.3, 0.4) is 0 Å². The van der Waals surface area contributed by atoms with E-state index < -0.39 is 33.5 Å². The summed E-state index contributed by atoms with van der Waals surface area (Å²) in [4.78, 5) is 11.4. The van der Waals surface area contributed by atoms with Crippen LogP contribution in [0.2, 0.25) is 0 Å².